The van der Waals surface area contributed by atoms with Gasteiger partial charge in [0.25, 0.3) is 0 Å². The van der Waals surface area contributed by atoms with Gasteiger partial charge in [-0.15, -0.1) is 11.3 Å². The van der Waals surface area contributed by atoms with Gasteiger partial charge in [-0.25, -0.2) is 0 Å². The van der Waals surface area contributed by atoms with Crippen molar-refractivity contribution in [3.05, 3.63) is 54.2 Å². The third-order valence-corrected chi connectivity index (χ3v) is 6.14. The molecule has 0 aliphatic rings. The Morgan fingerprint density at radius 2 is 1.89 bits per heavy atom. The Bertz CT molecular complexity index is 586. The van der Waals surface area contributed by atoms with Crippen LogP contribution in [0.15, 0.2) is 30.3 Å². The van der Waals surface area contributed by atoms with Gasteiger partial charge in [0.1, 0.15) is 0 Å². The summed E-state index contributed by atoms with van der Waals surface area (Å²) in [6, 6.07) is 10.2. The third kappa shape index (κ3) is 3.51. The van der Waals surface area contributed by atoms with E-state index in [2.05, 4.69) is 61.6 Å². The lowest BCUT2D eigenvalue weighted by Gasteiger charge is -2.16. The van der Waals surface area contributed by atoms with E-state index < -0.39 is 0 Å². The van der Waals surface area contributed by atoms with E-state index in [1.54, 1.807) is 11.3 Å². The predicted molar refractivity (Wildman–Crippen MR) is 93.2 cm³/mol. The molecular formula is C15H17ClINS. The minimum absolute atomic E-state index is 0.101. The minimum atomic E-state index is -0.101. The lowest BCUT2D eigenvalue weighted by atomic mass is 9.95. The van der Waals surface area contributed by atoms with Gasteiger partial charge in [0.05, 0.1) is 11.1 Å². The molecule has 2 aromatic rings. The summed E-state index contributed by atoms with van der Waals surface area (Å²) in [7, 11) is 0. The van der Waals surface area contributed by atoms with Gasteiger partial charge in [0.2, 0.25) is 0 Å². The van der Waals surface area contributed by atoms with E-state index >= 15 is 0 Å². The van der Waals surface area contributed by atoms with Gasteiger partial charge in [0.15, 0.2) is 0 Å². The normalized spacial score (nSPS) is 13.6. The van der Waals surface area contributed by atoms with Crippen LogP contribution in [-0.4, -0.2) is 0 Å². The standard InChI is InChI=1S/C15H17ClINS/c1-15(2,3)13-7-6-12(19-13)14(18)9-4-5-11(17)10(16)8-9/h4-8,14H,18H2,1-3H3. The Morgan fingerprint density at radius 1 is 1.21 bits per heavy atom. The molecule has 4 heteroatoms. The van der Waals surface area contributed by atoms with Crippen LogP contribution in [0, 0.1) is 3.57 Å². The maximum atomic E-state index is 6.34. The molecular weight excluding hydrogens is 389 g/mol. The average Bonchev–Trinajstić information content (AvgIpc) is 2.81. The smallest absolute Gasteiger partial charge is 0.0646 e. The first-order chi connectivity index (χ1) is 8.79. The molecule has 0 bridgehead atoms. The first-order valence-electron chi connectivity index (χ1n) is 6.10. The summed E-state index contributed by atoms with van der Waals surface area (Å²) in [5.74, 6) is 0. The van der Waals surface area contributed by atoms with Gasteiger partial charge in [-0.3, -0.25) is 0 Å². The molecule has 0 radical (unpaired) electrons. The maximum absolute atomic E-state index is 6.34. The van der Waals surface area contributed by atoms with Crippen molar-refractivity contribution >= 4 is 45.5 Å². The van der Waals surface area contributed by atoms with Gasteiger partial charge >= 0.3 is 0 Å². The first-order valence-corrected chi connectivity index (χ1v) is 8.37. The number of hydrogen-bond acceptors (Lipinski definition) is 2. The van der Waals surface area contributed by atoms with Gasteiger partial charge in [0, 0.05) is 13.3 Å². The fraction of sp³-hybridized carbons (Fsp3) is 0.333. The summed E-state index contributed by atoms with van der Waals surface area (Å²) >= 11 is 10.2. The van der Waals surface area contributed by atoms with E-state index in [4.69, 9.17) is 17.3 Å². The molecule has 0 saturated heterocycles. The molecule has 0 aliphatic heterocycles. The molecule has 1 aromatic carbocycles. The SMILES string of the molecule is CC(C)(C)c1ccc(C(N)c2ccc(I)c(Cl)c2)s1. The highest BCUT2D eigenvalue weighted by Crippen LogP contribution is 2.34. The highest BCUT2D eigenvalue weighted by Gasteiger charge is 2.19. The monoisotopic (exact) mass is 405 g/mol. The molecule has 19 heavy (non-hydrogen) atoms. The molecule has 2 N–H and O–H groups in total. The van der Waals surface area contributed by atoms with Crippen LogP contribution in [0.1, 0.15) is 42.1 Å². The number of thiophene rings is 1. The number of halogens is 2. The van der Waals surface area contributed by atoms with E-state index in [0.29, 0.717) is 0 Å². The Labute approximate surface area is 137 Å². The lowest BCUT2D eigenvalue weighted by molar-refractivity contribution is 0.604. The predicted octanol–water partition coefficient (Wildman–Crippen LogP) is 5.35. The fourth-order valence-corrected chi connectivity index (χ4v) is 3.41. The third-order valence-electron chi connectivity index (χ3n) is 2.98. The van der Waals surface area contributed by atoms with Crippen molar-refractivity contribution in [2.75, 3.05) is 0 Å². The first kappa shape index (κ1) is 15.3. The van der Waals surface area contributed by atoms with Crippen LogP contribution < -0.4 is 5.73 Å². The molecule has 102 valence electrons. The largest absolute Gasteiger partial charge is 0.320 e. The number of nitrogens with two attached hydrogens (primary N) is 1. The summed E-state index contributed by atoms with van der Waals surface area (Å²) in [5.41, 5.74) is 7.58. The zero-order valence-corrected chi connectivity index (χ0v) is 14.9. The quantitative estimate of drug-likeness (QED) is 0.670. The summed E-state index contributed by atoms with van der Waals surface area (Å²) in [6.07, 6.45) is 0. The van der Waals surface area contributed by atoms with Gasteiger partial charge in [-0.05, 0) is 57.8 Å². The summed E-state index contributed by atoms with van der Waals surface area (Å²) in [6.45, 7) is 6.65. The van der Waals surface area contributed by atoms with Crippen LogP contribution in [0.4, 0.5) is 0 Å². The molecule has 1 atom stereocenters. The van der Waals surface area contributed by atoms with Crippen molar-refractivity contribution < 1.29 is 0 Å². The van der Waals surface area contributed by atoms with Gasteiger partial charge < -0.3 is 5.73 Å². The van der Waals surface area contributed by atoms with Crippen LogP contribution in [0.2, 0.25) is 5.02 Å². The van der Waals surface area contributed by atoms with E-state index in [0.717, 1.165) is 14.2 Å². The number of benzene rings is 1. The Balaban J connectivity index is 2.31. The van der Waals surface area contributed by atoms with E-state index in [1.165, 1.54) is 9.75 Å². The summed E-state index contributed by atoms with van der Waals surface area (Å²) in [4.78, 5) is 2.54. The zero-order chi connectivity index (χ0) is 14.2. The van der Waals surface area contributed by atoms with Crippen LogP contribution in [0.5, 0.6) is 0 Å². The highest BCUT2D eigenvalue weighted by molar-refractivity contribution is 14.1. The van der Waals surface area contributed by atoms with Crippen molar-refractivity contribution in [3.63, 3.8) is 0 Å². The van der Waals surface area contributed by atoms with Crippen molar-refractivity contribution in [2.24, 2.45) is 5.73 Å². The maximum Gasteiger partial charge on any atom is 0.0646 e. The molecule has 0 spiro atoms. The molecule has 0 aliphatic carbocycles. The molecule has 0 fully saturated rings. The fourth-order valence-electron chi connectivity index (χ4n) is 1.79. The molecule has 2 rings (SSSR count). The van der Waals surface area contributed by atoms with Crippen LogP contribution in [0.3, 0.4) is 0 Å². The Hall–Kier alpha value is -0.100. The van der Waals surface area contributed by atoms with Gasteiger partial charge in [-0.2, -0.15) is 0 Å². The molecule has 1 aromatic heterocycles. The number of rotatable bonds is 2. The molecule has 1 heterocycles. The Kier molecular flexibility index (Phi) is 4.60. The lowest BCUT2D eigenvalue weighted by Crippen LogP contribution is -2.10. The van der Waals surface area contributed by atoms with Crippen LogP contribution in [0.25, 0.3) is 0 Å². The van der Waals surface area contributed by atoms with Gasteiger partial charge in [-0.1, -0.05) is 38.4 Å². The second-order valence-electron chi connectivity index (χ2n) is 5.60. The topological polar surface area (TPSA) is 26.0 Å². The molecule has 1 nitrogen and oxygen atoms in total. The second-order valence-corrected chi connectivity index (χ2v) is 8.29. The minimum Gasteiger partial charge on any atom is -0.320 e. The molecule has 0 saturated carbocycles. The van der Waals surface area contributed by atoms with E-state index in [1.807, 2.05) is 12.1 Å². The summed E-state index contributed by atoms with van der Waals surface area (Å²) < 4.78 is 1.05. The summed E-state index contributed by atoms with van der Waals surface area (Å²) in [5, 5.41) is 0.765. The van der Waals surface area contributed by atoms with Crippen molar-refractivity contribution in [3.8, 4) is 0 Å². The Morgan fingerprint density at radius 3 is 2.42 bits per heavy atom. The van der Waals surface area contributed by atoms with Crippen LogP contribution in [-0.2, 0) is 5.41 Å². The average molecular weight is 406 g/mol. The van der Waals surface area contributed by atoms with Crippen molar-refractivity contribution in [2.45, 2.75) is 32.2 Å². The van der Waals surface area contributed by atoms with Crippen molar-refractivity contribution in [1.82, 2.24) is 0 Å². The zero-order valence-electron chi connectivity index (χ0n) is 11.2. The van der Waals surface area contributed by atoms with Crippen LogP contribution >= 0.6 is 45.5 Å². The van der Waals surface area contributed by atoms with E-state index in [-0.39, 0.29) is 11.5 Å². The van der Waals surface area contributed by atoms with E-state index in [9.17, 15) is 0 Å². The molecule has 1 unspecified atom stereocenters. The number of hydrogen-bond donors (Lipinski definition) is 1. The molecule has 0 amide bonds. The highest BCUT2D eigenvalue weighted by atomic mass is 127. The second kappa shape index (κ2) is 5.72. The van der Waals surface area contributed by atoms with Crippen molar-refractivity contribution in [1.29, 1.82) is 0 Å².